The first kappa shape index (κ1) is 9.60. The molecule has 0 heterocycles. The van der Waals surface area contributed by atoms with Gasteiger partial charge in [-0.15, -0.1) is 6.58 Å². The lowest BCUT2D eigenvalue weighted by molar-refractivity contribution is -0.0493. The van der Waals surface area contributed by atoms with E-state index >= 15 is 0 Å². The van der Waals surface area contributed by atoms with E-state index in [1.165, 1.54) is 6.08 Å². The van der Waals surface area contributed by atoms with E-state index in [2.05, 4.69) is 6.58 Å². The van der Waals surface area contributed by atoms with Crippen LogP contribution in [0.5, 0.6) is 0 Å². The van der Waals surface area contributed by atoms with Gasteiger partial charge in [0.15, 0.2) is 0 Å². The van der Waals surface area contributed by atoms with E-state index in [0.29, 0.717) is 6.42 Å². The van der Waals surface area contributed by atoms with Crippen molar-refractivity contribution in [1.29, 1.82) is 0 Å². The van der Waals surface area contributed by atoms with Crippen LogP contribution in [-0.4, -0.2) is 5.92 Å². The van der Waals surface area contributed by atoms with Crippen LogP contribution in [0.15, 0.2) is 12.7 Å². The van der Waals surface area contributed by atoms with Gasteiger partial charge in [-0.2, -0.15) is 0 Å². The van der Waals surface area contributed by atoms with E-state index < -0.39 is 11.8 Å². The summed E-state index contributed by atoms with van der Waals surface area (Å²) >= 11 is 0. The molecule has 0 aromatic rings. The Kier molecular flexibility index (Phi) is 3.54. The second-order valence-corrected chi connectivity index (χ2v) is 2.56. The van der Waals surface area contributed by atoms with E-state index in [1.807, 2.05) is 0 Å². The highest BCUT2D eigenvalue weighted by Crippen LogP contribution is 2.30. The zero-order valence-electron chi connectivity index (χ0n) is 6.53. The summed E-state index contributed by atoms with van der Waals surface area (Å²) in [6.45, 7) is 6.61. The Morgan fingerprint density at radius 3 is 2.40 bits per heavy atom. The van der Waals surface area contributed by atoms with Gasteiger partial charge in [0, 0.05) is 12.3 Å². The Morgan fingerprint density at radius 2 is 2.10 bits per heavy atom. The lowest BCUT2D eigenvalue weighted by atomic mass is 9.98. The van der Waals surface area contributed by atoms with Crippen molar-refractivity contribution < 1.29 is 8.78 Å². The molecule has 2 heteroatoms. The summed E-state index contributed by atoms with van der Waals surface area (Å²) in [6, 6.07) is 0. The number of rotatable bonds is 4. The fourth-order valence-electron chi connectivity index (χ4n) is 0.692. The molecule has 0 aliphatic carbocycles. The van der Waals surface area contributed by atoms with Gasteiger partial charge < -0.3 is 0 Å². The number of hydrogen-bond donors (Lipinski definition) is 0. The maximum Gasteiger partial charge on any atom is 0.254 e. The van der Waals surface area contributed by atoms with Crippen LogP contribution in [0.2, 0.25) is 0 Å². The van der Waals surface area contributed by atoms with Crippen LogP contribution in [0.3, 0.4) is 0 Å². The molecule has 0 aliphatic heterocycles. The molecule has 0 rings (SSSR count). The van der Waals surface area contributed by atoms with Crippen LogP contribution in [0.1, 0.15) is 26.7 Å². The number of halogens is 2. The van der Waals surface area contributed by atoms with Crippen LogP contribution in [0.4, 0.5) is 8.78 Å². The van der Waals surface area contributed by atoms with Gasteiger partial charge in [0.25, 0.3) is 5.92 Å². The lowest BCUT2D eigenvalue weighted by Gasteiger charge is -2.20. The molecule has 1 atom stereocenters. The number of allylic oxidation sites excluding steroid dienone is 1. The molecule has 0 saturated carbocycles. The van der Waals surface area contributed by atoms with Crippen LogP contribution in [0, 0.1) is 5.92 Å². The smallest absolute Gasteiger partial charge is 0.206 e. The Labute approximate surface area is 60.9 Å². The van der Waals surface area contributed by atoms with E-state index in [1.54, 1.807) is 13.8 Å². The van der Waals surface area contributed by atoms with E-state index in [0.717, 1.165) is 0 Å². The largest absolute Gasteiger partial charge is 0.254 e. The minimum Gasteiger partial charge on any atom is -0.206 e. The molecular formula is C8H14F2. The second kappa shape index (κ2) is 3.69. The highest BCUT2D eigenvalue weighted by molar-refractivity contribution is 4.81. The molecular weight excluding hydrogens is 134 g/mol. The monoisotopic (exact) mass is 148 g/mol. The van der Waals surface area contributed by atoms with Crippen molar-refractivity contribution in [3.05, 3.63) is 12.7 Å². The molecule has 0 spiro atoms. The molecule has 0 aromatic carbocycles. The van der Waals surface area contributed by atoms with Crippen LogP contribution in [0.25, 0.3) is 0 Å². The third-order valence-corrected chi connectivity index (χ3v) is 1.75. The van der Waals surface area contributed by atoms with Gasteiger partial charge >= 0.3 is 0 Å². The Morgan fingerprint density at radius 1 is 1.60 bits per heavy atom. The number of alkyl halides is 2. The molecule has 10 heavy (non-hydrogen) atoms. The van der Waals surface area contributed by atoms with Gasteiger partial charge in [-0.1, -0.05) is 19.9 Å². The topological polar surface area (TPSA) is 0 Å². The first-order valence-electron chi connectivity index (χ1n) is 3.53. The van der Waals surface area contributed by atoms with Crippen LogP contribution < -0.4 is 0 Å². The van der Waals surface area contributed by atoms with Crippen LogP contribution >= 0.6 is 0 Å². The Bertz CT molecular complexity index is 108. The van der Waals surface area contributed by atoms with Gasteiger partial charge in [0.1, 0.15) is 0 Å². The number of hydrogen-bond acceptors (Lipinski definition) is 0. The average Bonchev–Trinajstić information content (AvgIpc) is 1.86. The van der Waals surface area contributed by atoms with Crippen molar-refractivity contribution in [1.82, 2.24) is 0 Å². The molecule has 0 N–H and O–H groups in total. The summed E-state index contributed by atoms with van der Waals surface area (Å²) < 4.78 is 25.5. The van der Waals surface area contributed by atoms with Crippen LogP contribution in [-0.2, 0) is 0 Å². The minimum atomic E-state index is -2.56. The quantitative estimate of drug-likeness (QED) is 0.537. The minimum absolute atomic E-state index is 0.206. The fraction of sp³-hybridized carbons (Fsp3) is 0.750. The predicted octanol–water partition coefficient (Wildman–Crippen LogP) is 3.24. The van der Waals surface area contributed by atoms with Crippen molar-refractivity contribution in [2.75, 3.05) is 0 Å². The molecule has 60 valence electrons. The Balaban J connectivity index is 3.94. The fourth-order valence-corrected chi connectivity index (χ4v) is 0.692. The van der Waals surface area contributed by atoms with Gasteiger partial charge in [0.2, 0.25) is 0 Å². The molecule has 0 nitrogen and oxygen atoms in total. The lowest BCUT2D eigenvalue weighted by Crippen LogP contribution is -2.24. The summed E-state index contributed by atoms with van der Waals surface area (Å²) in [7, 11) is 0. The summed E-state index contributed by atoms with van der Waals surface area (Å²) in [6.07, 6.45) is 1.58. The second-order valence-electron chi connectivity index (χ2n) is 2.56. The zero-order valence-corrected chi connectivity index (χ0v) is 6.53. The van der Waals surface area contributed by atoms with E-state index in [9.17, 15) is 8.78 Å². The summed E-state index contributed by atoms with van der Waals surface area (Å²) in [4.78, 5) is 0. The SMILES string of the molecule is C=CCC(F)(F)[C@H](C)CC. The molecule has 0 unspecified atom stereocenters. The molecule has 0 bridgehead atoms. The third-order valence-electron chi connectivity index (χ3n) is 1.75. The summed E-state index contributed by atoms with van der Waals surface area (Å²) in [5, 5.41) is 0. The van der Waals surface area contributed by atoms with Crippen molar-refractivity contribution in [2.45, 2.75) is 32.6 Å². The van der Waals surface area contributed by atoms with E-state index in [-0.39, 0.29) is 6.42 Å². The highest BCUT2D eigenvalue weighted by atomic mass is 19.3. The molecule has 0 saturated heterocycles. The predicted molar refractivity (Wildman–Crippen MR) is 39.2 cm³/mol. The summed E-state index contributed by atoms with van der Waals surface area (Å²) in [5.41, 5.74) is 0. The van der Waals surface area contributed by atoms with Gasteiger partial charge in [-0.3, -0.25) is 0 Å². The molecule has 0 aromatic heterocycles. The zero-order chi connectivity index (χ0) is 8.20. The third kappa shape index (κ3) is 2.46. The molecule has 0 radical (unpaired) electrons. The first-order chi connectivity index (χ1) is 4.54. The normalized spacial score (nSPS) is 14.8. The molecule has 0 amide bonds. The van der Waals surface area contributed by atoms with Gasteiger partial charge in [-0.25, -0.2) is 8.78 Å². The van der Waals surface area contributed by atoms with Crippen molar-refractivity contribution in [2.24, 2.45) is 5.92 Å². The van der Waals surface area contributed by atoms with Crippen molar-refractivity contribution >= 4 is 0 Å². The Hall–Kier alpha value is -0.400. The maximum atomic E-state index is 12.7. The molecule has 0 aliphatic rings. The van der Waals surface area contributed by atoms with Crippen molar-refractivity contribution in [3.63, 3.8) is 0 Å². The average molecular weight is 148 g/mol. The van der Waals surface area contributed by atoms with E-state index in [4.69, 9.17) is 0 Å². The van der Waals surface area contributed by atoms with Crippen molar-refractivity contribution in [3.8, 4) is 0 Å². The van der Waals surface area contributed by atoms with Gasteiger partial charge in [0.05, 0.1) is 0 Å². The maximum absolute atomic E-state index is 12.7. The summed E-state index contributed by atoms with van der Waals surface area (Å²) in [5.74, 6) is -3.10. The first-order valence-corrected chi connectivity index (χ1v) is 3.53. The standard InChI is InChI=1S/C8H14F2/c1-4-6-8(9,10)7(3)5-2/h4,7H,1,5-6H2,2-3H3/t7-/m1/s1. The highest BCUT2D eigenvalue weighted by Gasteiger charge is 2.32. The van der Waals surface area contributed by atoms with Gasteiger partial charge in [-0.05, 0) is 6.42 Å². The molecule has 0 fully saturated rings.